The molecule has 2 heterocycles. The van der Waals surface area contributed by atoms with E-state index in [4.69, 9.17) is 4.42 Å². The number of nitrogens with one attached hydrogen (secondary N) is 1. The minimum absolute atomic E-state index is 0.444. The van der Waals surface area contributed by atoms with Crippen LogP contribution >= 0.6 is 0 Å². The summed E-state index contributed by atoms with van der Waals surface area (Å²) >= 11 is 0. The number of rotatable bonds is 1. The number of fused-ring (bicyclic) bond motifs is 1. The Morgan fingerprint density at radius 2 is 2.33 bits per heavy atom. The zero-order valence-corrected chi connectivity index (χ0v) is 8.53. The Bertz CT molecular complexity index is 527. The number of benzene rings is 1. The fourth-order valence-corrected chi connectivity index (χ4v) is 1.84. The number of furan rings is 1. The topological polar surface area (TPSA) is 37.5 Å². The molecule has 3 nitrogen and oxygen atoms in total. The SMILES string of the molecule is CC1CN=C(c2ccc3occc3c2)N1. The summed E-state index contributed by atoms with van der Waals surface area (Å²) in [6.45, 7) is 2.99. The fraction of sp³-hybridized carbons (Fsp3) is 0.250. The molecule has 3 heteroatoms. The van der Waals surface area contributed by atoms with E-state index in [9.17, 15) is 0 Å². The summed E-state index contributed by atoms with van der Waals surface area (Å²) in [5, 5.41) is 4.47. The third-order valence-corrected chi connectivity index (χ3v) is 2.63. The molecule has 3 rings (SSSR count). The van der Waals surface area contributed by atoms with Crippen LogP contribution in [0.1, 0.15) is 12.5 Å². The number of hydrogen-bond donors (Lipinski definition) is 1. The highest BCUT2D eigenvalue weighted by atomic mass is 16.3. The van der Waals surface area contributed by atoms with E-state index in [1.165, 1.54) is 0 Å². The molecular formula is C12H12N2O. The normalized spacial score (nSPS) is 20.3. The van der Waals surface area contributed by atoms with Crippen LogP contribution in [-0.4, -0.2) is 18.4 Å². The number of aliphatic imine (C=N–C) groups is 1. The second-order valence-corrected chi connectivity index (χ2v) is 3.91. The van der Waals surface area contributed by atoms with E-state index in [-0.39, 0.29) is 0 Å². The van der Waals surface area contributed by atoms with Crippen LogP contribution in [0.2, 0.25) is 0 Å². The largest absolute Gasteiger partial charge is 0.464 e. The molecule has 1 atom stereocenters. The van der Waals surface area contributed by atoms with Crippen LogP contribution in [-0.2, 0) is 0 Å². The maximum atomic E-state index is 5.30. The average Bonchev–Trinajstić information content (AvgIpc) is 2.84. The first-order valence-electron chi connectivity index (χ1n) is 5.11. The van der Waals surface area contributed by atoms with Crippen molar-refractivity contribution in [3.63, 3.8) is 0 Å². The monoisotopic (exact) mass is 200 g/mol. The minimum Gasteiger partial charge on any atom is -0.464 e. The van der Waals surface area contributed by atoms with E-state index in [0.717, 1.165) is 28.9 Å². The van der Waals surface area contributed by atoms with E-state index in [2.05, 4.69) is 23.3 Å². The summed E-state index contributed by atoms with van der Waals surface area (Å²) in [5.74, 6) is 0.991. The number of nitrogens with zero attached hydrogens (tertiary/aromatic N) is 1. The lowest BCUT2D eigenvalue weighted by Crippen LogP contribution is -2.27. The standard InChI is InChI=1S/C12H12N2O/c1-8-7-13-12(14-8)10-2-3-11-9(6-10)4-5-15-11/h2-6,8H,7H2,1H3,(H,13,14). The van der Waals surface area contributed by atoms with Crippen LogP contribution in [0.3, 0.4) is 0 Å². The van der Waals surface area contributed by atoms with Crippen molar-refractivity contribution in [2.75, 3.05) is 6.54 Å². The van der Waals surface area contributed by atoms with Gasteiger partial charge in [-0.2, -0.15) is 0 Å². The highest BCUT2D eigenvalue weighted by Gasteiger charge is 2.14. The maximum Gasteiger partial charge on any atom is 0.133 e. The van der Waals surface area contributed by atoms with Gasteiger partial charge in [0.2, 0.25) is 0 Å². The van der Waals surface area contributed by atoms with Gasteiger partial charge in [0.1, 0.15) is 11.4 Å². The molecule has 0 amide bonds. The summed E-state index contributed by atoms with van der Waals surface area (Å²) in [5.41, 5.74) is 2.05. The van der Waals surface area contributed by atoms with Crippen LogP contribution in [0.4, 0.5) is 0 Å². The van der Waals surface area contributed by atoms with Crippen molar-refractivity contribution >= 4 is 16.8 Å². The third-order valence-electron chi connectivity index (χ3n) is 2.63. The van der Waals surface area contributed by atoms with Gasteiger partial charge < -0.3 is 9.73 Å². The molecule has 15 heavy (non-hydrogen) atoms. The summed E-state index contributed by atoms with van der Waals surface area (Å²) in [6, 6.07) is 8.54. The van der Waals surface area contributed by atoms with Gasteiger partial charge in [-0.05, 0) is 31.2 Å². The molecular weight excluding hydrogens is 188 g/mol. The molecule has 0 spiro atoms. The third kappa shape index (κ3) is 1.40. The van der Waals surface area contributed by atoms with E-state index in [1.807, 2.05) is 18.2 Å². The Morgan fingerprint density at radius 1 is 1.40 bits per heavy atom. The van der Waals surface area contributed by atoms with Crippen molar-refractivity contribution in [1.29, 1.82) is 0 Å². The predicted octanol–water partition coefficient (Wildman–Crippen LogP) is 2.17. The molecule has 1 aromatic carbocycles. The highest BCUT2D eigenvalue weighted by Crippen LogP contribution is 2.18. The van der Waals surface area contributed by atoms with Crippen molar-refractivity contribution < 1.29 is 4.42 Å². The molecule has 2 aromatic rings. The van der Waals surface area contributed by atoms with Crippen molar-refractivity contribution in [3.05, 3.63) is 36.1 Å². The van der Waals surface area contributed by atoms with E-state index < -0.39 is 0 Å². The van der Waals surface area contributed by atoms with Gasteiger partial charge in [-0.15, -0.1) is 0 Å². The Balaban J connectivity index is 2.04. The van der Waals surface area contributed by atoms with Crippen LogP contribution < -0.4 is 5.32 Å². The smallest absolute Gasteiger partial charge is 0.133 e. The molecule has 1 aliphatic rings. The molecule has 0 saturated heterocycles. The van der Waals surface area contributed by atoms with Gasteiger partial charge in [0, 0.05) is 17.0 Å². The van der Waals surface area contributed by atoms with Gasteiger partial charge in [-0.1, -0.05) is 0 Å². The van der Waals surface area contributed by atoms with Gasteiger partial charge >= 0.3 is 0 Å². The van der Waals surface area contributed by atoms with Gasteiger partial charge in [0.25, 0.3) is 0 Å². The molecule has 1 aromatic heterocycles. The summed E-state index contributed by atoms with van der Waals surface area (Å²) < 4.78 is 5.30. The van der Waals surface area contributed by atoms with Gasteiger partial charge in [0.05, 0.1) is 12.8 Å². The highest BCUT2D eigenvalue weighted by molar-refractivity contribution is 6.02. The van der Waals surface area contributed by atoms with Crippen molar-refractivity contribution in [1.82, 2.24) is 5.32 Å². The van der Waals surface area contributed by atoms with Crippen LogP contribution in [0.25, 0.3) is 11.0 Å². The molecule has 0 radical (unpaired) electrons. The Hall–Kier alpha value is -1.77. The molecule has 0 bridgehead atoms. The first-order chi connectivity index (χ1) is 7.33. The van der Waals surface area contributed by atoms with Crippen molar-refractivity contribution in [2.45, 2.75) is 13.0 Å². The lowest BCUT2D eigenvalue weighted by molar-refractivity contribution is 0.616. The average molecular weight is 200 g/mol. The lowest BCUT2D eigenvalue weighted by Gasteiger charge is -2.05. The quantitative estimate of drug-likeness (QED) is 0.766. The van der Waals surface area contributed by atoms with Crippen LogP contribution in [0.15, 0.2) is 39.9 Å². The molecule has 1 aliphatic heterocycles. The molecule has 0 aliphatic carbocycles. The zero-order chi connectivity index (χ0) is 10.3. The predicted molar refractivity (Wildman–Crippen MR) is 60.2 cm³/mol. The number of hydrogen-bond acceptors (Lipinski definition) is 3. The van der Waals surface area contributed by atoms with Gasteiger partial charge in [0.15, 0.2) is 0 Å². The Kier molecular flexibility index (Phi) is 1.78. The first-order valence-corrected chi connectivity index (χ1v) is 5.11. The van der Waals surface area contributed by atoms with E-state index in [0.29, 0.717) is 6.04 Å². The van der Waals surface area contributed by atoms with Crippen molar-refractivity contribution in [2.24, 2.45) is 4.99 Å². The molecule has 0 saturated carbocycles. The number of amidine groups is 1. The van der Waals surface area contributed by atoms with Crippen LogP contribution in [0, 0.1) is 0 Å². The molecule has 1 N–H and O–H groups in total. The van der Waals surface area contributed by atoms with E-state index >= 15 is 0 Å². The van der Waals surface area contributed by atoms with E-state index in [1.54, 1.807) is 6.26 Å². The summed E-state index contributed by atoms with van der Waals surface area (Å²) in [4.78, 5) is 4.45. The van der Waals surface area contributed by atoms with Gasteiger partial charge in [-0.25, -0.2) is 0 Å². The fourth-order valence-electron chi connectivity index (χ4n) is 1.84. The molecule has 76 valence electrons. The first kappa shape index (κ1) is 8.53. The second kappa shape index (κ2) is 3.12. The maximum absolute atomic E-state index is 5.30. The van der Waals surface area contributed by atoms with Gasteiger partial charge in [-0.3, -0.25) is 4.99 Å². The zero-order valence-electron chi connectivity index (χ0n) is 8.53. The lowest BCUT2D eigenvalue weighted by atomic mass is 10.1. The van der Waals surface area contributed by atoms with Crippen molar-refractivity contribution in [3.8, 4) is 0 Å². The second-order valence-electron chi connectivity index (χ2n) is 3.91. The Morgan fingerprint density at radius 3 is 3.13 bits per heavy atom. The van der Waals surface area contributed by atoms with Crippen LogP contribution in [0.5, 0.6) is 0 Å². The minimum atomic E-state index is 0.444. The summed E-state index contributed by atoms with van der Waals surface area (Å²) in [7, 11) is 0. The summed E-state index contributed by atoms with van der Waals surface area (Å²) in [6.07, 6.45) is 1.71. The Labute approximate surface area is 87.8 Å². The molecule has 0 fully saturated rings. The molecule has 1 unspecified atom stereocenters.